The number of ether oxygens (including phenoxy) is 2. The fourth-order valence-corrected chi connectivity index (χ4v) is 4.73. The van der Waals surface area contributed by atoms with Gasteiger partial charge in [-0.25, -0.2) is 0 Å². The van der Waals surface area contributed by atoms with E-state index in [9.17, 15) is 4.79 Å². The largest absolute Gasteiger partial charge is 0.493 e. The lowest BCUT2D eigenvalue weighted by molar-refractivity contribution is -0.126. The van der Waals surface area contributed by atoms with Crippen molar-refractivity contribution in [1.82, 2.24) is 20.4 Å². The van der Waals surface area contributed by atoms with E-state index >= 15 is 0 Å². The third-order valence-electron chi connectivity index (χ3n) is 5.72. The molecule has 1 fully saturated rings. The standard InChI is InChI=1S/C24H30N4O5S/c1-30-20-8-7-17(13-21(20)31-2)23-26-22(33-27-23)15-28-10-3-5-18(14-28)24(29)25-9-12-34-16-19-6-4-11-32-19/h4,6-8,11,13,18H,3,5,9-10,12,14-16H2,1-2H3,(H,25,29). The third kappa shape index (κ3) is 6.32. The molecule has 1 aliphatic rings. The van der Waals surface area contributed by atoms with Crippen LogP contribution in [0.25, 0.3) is 11.4 Å². The Hall–Kier alpha value is -2.98. The first kappa shape index (κ1) is 24.2. The van der Waals surface area contributed by atoms with Gasteiger partial charge in [-0.1, -0.05) is 5.16 Å². The Morgan fingerprint density at radius 1 is 1.26 bits per heavy atom. The molecule has 1 aromatic carbocycles. The second kappa shape index (κ2) is 11.9. The van der Waals surface area contributed by atoms with Gasteiger partial charge in [-0.2, -0.15) is 16.7 Å². The number of benzene rings is 1. The van der Waals surface area contributed by atoms with Gasteiger partial charge < -0.3 is 23.7 Å². The van der Waals surface area contributed by atoms with Gasteiger partial charge >= 0.3 is 0 Å². The van der Waals surface area contributed by atoms with Gasteiger partial charge in [0.1, 0.15) is 5.76 Å². The van der Waals surface area contributed by atoms with E-state index in [1.165, 1.54) is 0 Å². The number of nitrogens with zero attached hydrogens (tertiary/aromatic N) is 3. The normalized spacial score (nSPS) is 16.4. The van der Waals surface area contributed by atoms with Gasteiger partial charge in [0, 0.05) is 24.4 Å². The van der Waals surface area contributed by atoms with Crippen LogP contribution in [0, 0.1) is 5.92 Å². The molecule has 1 unspecified atom stereocenters. The zero-order valence-electron chi connectivity index (χ0n) is 19.5. The highest BCUT2D eigenvalue weighted by Gasteiger charge is 2.26. The maximum atomic E-state index is 12.7. The minimum atomic E-state index is -0.0305. The van der Waals surface area contributed by atoms with Crippen LogP contribution in [0.1, 0.15) is 24.5 Å². The van der Waals surface area contributed by atoms with Crippen molar-refractivity contribution in [2.75, 3.05) is 39.6 Å². The van der Waals surface area contributed by atoms with Gasteiger partial charge in [-0.05, 0) is 49.7 Å². The molecule has 4 rings (SSSR count). The number of thioether (sulfide) groups is 1. The molecule has 0 bridgehead atoms. The lowest BCUT2D eigenvalue weighted by atomic mass is 9.97. The minimum Gasteiger partial charge on any atom is -0.493 e. The molecule has 3 aromatic rings. The van der Waals surface area contributed by atoms with Crippen LogP contribution in [0.15, 0.2) is 45.5 Å². The van der Waals surface area contributed by atoms with Crippen LogP contribution in [-0.2, 0) is 17.1 Å². The van der Waals surface area contributed by atoms with Gasteiger partial charge in [-0.15, -0.1) is 0 Å². The predicted molar refractivity (Wildman–Crippen MR) is 129 cm³/mol. The zero-order chi connectivity index (χ0) is 23.8. The van der Waals surface area contributed by atoms with Gasteiger partial charge in [0.2, 0.25) is 17.6 Å². The molecule has 3 heterocycles. The highest BCUT2D eigenvalue weighted by molar-refractivity contribution is 7.98. The minimum absolute atomic E-state index is 0.0305. The summed E-state index contributed by atoms with van der Waals surface area (Å²) in [7, 11) is 3.18. The summed E-state index contributed by atoms with van der Waals surface area (Å²) >= 11 is 1.75. The molecule has 9 nitrogen and oxygen atoms in total. The Morgan fingerprint density at radius 2 is 2.15 bits per heavy atom. The summed E-state index contributed by atoms with van der Waals surface area (Å²) in [6.45, 7) is 2.75. The highest BCUT2D eigenvalue weighted by Crippen LogP contribution is 2.31. The molecule has 34 heavy (non-hydrogen) atoms. The number of carbonyl (C=O) groups excluding carboxylic acids is 1. The van der Waals surface area contributed by atoms with Crippen molar-refractivity contribution in [2.24, 2.45) is 5.92 Å². The molecule has 0 saturated carbocycles. The molecule has 2 aromatic heterocycles. The first-order valence-electron chi connectivity index (χ1n) is 11.3. The molecule has 1 amide bonds. The molecule has 0 radical (unpaired) electrons. The Morgan fingerprint density at radius 3 is 2.94 bits per heavy atom. The smallest absolute Gasteiger partial charge is 0.241 e. The summed E-state index contributed by atoms with van der Waals surface area (Å²) < 4.78 is 21.4. The lowest BCUT2D eigenvalue weighted by Crippen LogP contribution is -2.43. The molecular weight excluding hydrogens is 456 g/mol. The average molecular weight is 487 g/mol. The highest BCUT2D eigenvalue weighted by atomic mass is 32.2. The van der Waals surface area contributed by atoms with Crippen LogP contribution in [0.4, 0.5) is 0 Å². The maximum Gasteiger partial charge on any atom is 0.241 e. The van der Waals surface area contributed by atoms with Crippen molar-refractivity contribution in [3.05, 3.63) is 48.2 Å². The number of carbonyl (C=O) groups is 1. The van der Waals surface area contributed by atoms with Crippen molar-refractivity contribution in [3.8, 4) is 22.9 Å². The zero-order valence-corrected chi connectivity index (χ0v) is 20.3. The number of hydrogen-bond acceptors (Lipinski definition) is 9. The van der Waals surface area contributed by atoms with Crippen LogP contribution >= 0.6 is 11.8 Å². The second-order valence-electron chi connectivity index (χ2n) is 8.08. The molecule has 1 saturated heterocycles. The summed E-state index contributed by atoms with van der Waals surface area (Å²) in [6, 6.07) is 9.35. The van der Waals surface area contributed by atoms with E-state index in [4.69, 9.17) is 18.4 Å². The van der Waals surface area contributed by atoms with Crippen molar-refractivity contribution >= 4 is 17.7 Å². The number of likely N-dealkylation sites (tertiary alicyclic amines) is 1. The lowest BCUT2D eigenvalue weighted by Gasteiger charge is -2.30. The van der Waals surface area contributed by atoms with Crippen LogP contribution in [0.5, 0.6) is 11.5 Å². The summed E-state index contributed by atoms with van der Waals surface area (Å²) in [4.78, 5) is 19.4. The summed E-state index contributed by atoms with van der Waals surface area (Å²) in [6.07, 6.45) is 3.53. The number of methoxy groups -OCH3 is 2. The van der Waals surface area contributed by atoms with Crippen LogP contribution in [-0.4, -0.2) is 60.6 Å². The first-order chi connectivity index (χ1) is 16.7. The Labute approximate surface area is 203 Å². The molecule has 1 aliphatic heterocycles. The second-order valence-corrected chi connectivity index (χ2v) is 9.18. The topological polar surface area (TPSA) is 103 Å². The van der Waals surface area contributed by atoms with Gasteiger partial charge in [0.25, 0.3) is 0 Å². The van der Waals surface area contributed by atoms with E-state index in [1.54, 1.807) is 32.2 Å². The van der Waals surface area contributed by atoms with Crippen LogP contribution in [0.2, 0.25) is 0 Å². The van der Waals surface area contributed by atoms with E-state index in [1.807, 2.05) is 30.3 Å². The van der Waals surface area contributed by atoms with Crippen molar-refractivity contribution in [2.45, 2.75) is 25.1 Å². The first-order valence-corrected chi connectivity index (χ1v) is 12.5. The fraction of sp³-hybridized carbons (Fsp3) is 0.458. The number of furan rings is 1. The van der Waals surface area contributed by atoms with Gasteiger partial charge in [-0.3, -0.25) is 9.69 Å². The number of aromatic nitrogens is 2. The summed E-state index contributed by atoms with van der Waals surface area (Å²) in [5, 5.41) is 7.19. The van der Waals surface area contributed by atoms with Crippen molar-refractivity contribution < 1.29 is 23.2 Å². The quantitative estimate of drug-likeness (QED) is 0.407. The molecule has 0 spiro atoms. The van der Waals surface area contributed by atoms with Gasteiger partial charge in [0.05, 0.1) is 38.7 Å². The summed E-state index contributed by atoms with van der Waals surface area (Å²) in [5.41, 5.74) is 0.786. The van der Waals surface area contributed by atoms with E-state index in [0.717, 1.165) is 42.2 Å². The molecular formula is C24H30N4O5S. The molecule has 0 aliphatic carbocycles. The number of nitrogens with one attached hydrogen (secondary N) is 1. The Balaban J connectivity index is 1.24. The Bertz CT molecular complexity index is 1060. The third-order valence-corrected chi connectivity index (χ3v) is 6.70. The van der Waals surface area contributed by atoms with Crippen molar-refractivity contribution in [1.29, 1.82) is 0 Å². The van der Waals surface area contributed by atoms with E-state index in [2.05, 4.69) is 20.4 Å². The number of amides is 1. The molecule has 10 heteroatoms. The molecule has 1 atom stereocenters. The van der Waals surface area contributed by atoms with E-state index in [0.29, 0.717) is 42.8 Å². The molecule has 182 valence electrons. The summed E-state index contributed by atoms with van der Waals surface area (Å²) in [5.74, 6) is 4.97. The number of piperidine rings is 1. The number of hydrogen-bond donors (Lipinski definition) is 1. The molecule has 1 N–H and O–H groups in total. The van der Waals surface area contributed by atoms with Crippen LogP contribution < -0.4 is 14.8 Å². The maximum absolute atomic E-state index is 12.7. The average Bonchev–Trinajstić information content (AvgIpc) is 3.56. The number of rotatable bonds is 11. The Kier molecular flexibility index (Phi) is 8.48. The van der Waals surface area contributed by atoms with Crippen molar-refractivity contribution in [3.63, 3.8) is 0 Å². The fourth-order valence-electron chi connectivity index (χ4n) is 3.97. The predicted octanol–water partition coefficient (Wildman–Crippen LogP) is 3.61. The monoisotopic (exact) mass is 486 g/mol. The van der Waals surface area contributed by atoms with Crippen LogP contribution in [0.3, 0.4) is 0 Å². The SMILES string of the molecule is COc1ccc(-c2noc(CN3CCCC(C(=O)NCCSCc4ccco4)C3)n2)cc1OC. The van der Waals surface area contributed by atoms with Gasteiger partial charge in [0.15, 0.2) is 11.5 Å². The van der Waals surface area contributed by atoms with E-state index in [-0.39, 0.29) is 11.8 Å². The van der Waals surface area contributed by atoms with E-state index < -0.39 is 0 Å².